The second-order valence-electron chi connectivity index (χ2n) is 3.39. The van der Waals surface area contributed by atoms with E-state index in [4.69, 9.17) is 11.6 Å². The maximum Gasteiger partial charge on any atom is 0.223 e. The standard InChI is InChI=1S/C10H12ClN3O/c1-7-3-2-4-8(11)9(7)13-10-12-5-6-14(10)15/h2-4,15H,5-6H2,1H3,(H,12,13). The quantitative estimate of drug-likeness (QED) is 0.768. The van der Waals surface area contributed by atoms with Gasteiger partial charge in [0.1, 0.15) is 0 Å². The maximum atomic E-state index is 9.43. The normalized spacial score (nSPS) is 18.3. The van der Waals surface area contributed by atoms with Crippen LogP contribution in [-0.2, 0) is 0 Å². The Balaban J connectivity index is 2.38. The van der Waals surface area contributed by atoms with Crippen LogP contribution in [0.15, 0.2) is 23.2 Å². The molecule has 0 unspecified atom stereocenters. The Labute approximate surface area is 93.1 Å². The van der Waals surface area contributed by atoms with E-state index in [0.29, 0.717) is 29.8 Å². The van der Waals surface area contributed by atoms with Crippen molar-refractivity contribution >= 4 is 23.2 Å². The first-order valence-electron chi connectivity index (χ1n) is 4.72. The van der Waals surface area contributed by atoms with Crippen LogP contribution in [0, 0.1) is 6.92 Å². The molecule has 0 spiro atoms. The van der Waals surface area contributed by atoms with Gasteiger partial charge in [-0.15, -0.1) is 0 Å². The Bertz CT molecular complexity index is 385. The Kier molecular flexibility index (Phi) is 2.79. The van der Waals surface area contributed by atoms with E-state index in [2.05, 4.69) is 10.3 Å². The number of hydrogen-bond donors (Lipinski definition) is 2. The number of guanidine groups is 1. The van der Waals surface area contributed by atoms with E-state index in [1.54, 1.807) is 6.07 Å². The highest BCUT2D eigenvalue weighted by Crippen LogP contribution is 2.28. The second kappa shape index (κ2) is 4.08. The number of halogens is 1. The first kappa shape index (κ1) is 10.3. The fourth-order valence-electron chi connectivity index (χ4n) is 1.44. The van der Waals surface area contributed by atoms with Crippen molar-refractivity contribution in [2.45, 2.75) is 6.92 Å². The van der Waals surface area contributed by atoms with Crippen molar-refractivity contribution in [1.29, 1.82) is 0 Å². The predicted octanol–water partition coefficient (Wildman–Crippen LogP) is 1.93. The minimum Gasteiger partial charge on any atom is -0.352 e. The number of hydroxylamine groups is 2. The van der Waals surface area contributed by atoms with Gasteiger partial charge in [-0.1, -0.05) is 23.7 Å². The number of benzene rings is 1. The molecule has 0 amide bonds. The highest BCUT2D eigenvalue weighted by Gasteiger charge is 2.16. The monoisotopic (exact) mass is 225 g/mol. The molecule has 1 aromatic rings. The molecule has 1 aliphatic rings. The van der Waals surface area contributed by atoms with Crippen LogP contribution in [0.4, 0.5) is 5.69 Å². The van der Waals surface area contributed by atoms with Crippen LogP contribution < -0.4 is 5.32 Å². The molecule has 0 radical (unpaired) electrons. The topological polar surface area (TPSA) is 47.9 Å². The number of para-hydroxylation sites is 1. The van der Waals surface area contributed by atoms with Gasteiger partial charge < -0.3 is 5.32 Å². The molecule has 15 heavy (non-hydrogen) atoms. The van der Waals surface area contributed by atoms with Gasteiger partial charge in [-0.2, -0.15) is 0 Å². The number of rotatable bonds is 1. The zero-order chi connectivity index (χ0) is 10.8. The van der Waals surface area contributed by atoms with E-state index >= 15 is 0 Å². The average molecular weight is 226 g/mol. The fourth-order valence-corrected chi connectivity index (χ4v) is 1.70. The molecule has 4 nitrogen and oxygen atoms in total. The molecule has 0 aliphatic carbocycles. The number of aryl methyl sites for hydroxylation is 1. The molecule has 80 valence electrons. The largest absolute Gasteiger partial charge is 0.352 e. The van der Waals surface area contributed by atoms with Crippen LogP contribution in [0.3, 0.4) is 0 Å². The summed E-state index contributed by atoms with van der Waals surface area (Å²) in [4.78, 5) is 4.29. The smallest absolute Gasteiger partial charge is 0.223 e. The van der Waals surface area contributed by atoms with E-state index in [-0.39, 0.29) is 0 Å². The molecule has 2 N–H and O–H groups in total. The molecule has 0 saturated carbocycles. The third-order valence-corrected chi connectivity index (χ3v) is 2.56. The summed E-state index contributed by atoms with van der Waals surface area (Å²) in [6, 6.07) is 5.59. The van der Waals surface area contributed by atoms with Crippen LogP contribution >= 0.6 is 11.6 Å². The lowest BCUT2D eigenvalue weighted by atomic mass is 10.2. The highest BCUT2D eigenvalue weighted by atomic mass is 35.5. The molecule has 1 aromatic carbocycles. The first-order chi connectivity index (χ1) is 7.18. The zero-order valence-corrected chi connectivity index (χ0v) is 9.12. The summed E-state index contributed by atoms with van der Waals surface area (Å²) in [6.45, 7) is 3.17. The summed E-state index contributed by atoms with van der Waals surface area (Å²) in [5, 5.41) is 14.1. The first-order valence-corrected chi connectivity index (χ1v) is 5.10. The molecule has 1 fully saturated rings. The molecular weight excluding hydrogens is 214 g/mol. The van der Waals surface area contributed by atoms with Crippen molar-refractivity contribution in [1.82, 2.24) is 10.4 Å². The minimum atomic E-state index is 0.450. The number of nitrogens with zero attached hydrogens (tertiary/aromatic N) is 2. The summed E-state index contributed by atoms with van der Waals surface area (Å²) in [5.41, 5.74) is 1.68. The molecule has 2 rings (SSSR count). The van der Waals surface area contributed by atoms with Crippen molar-refractivity contribution in [3.63, 3.8) is 0 Å². The van der Waals surface area contributed by atoms with Gasteiger partial charge in [-0.05, 0) is 18.6 Å². The zero-order valence-electron chi connectivity index (χ0n) is 8.37. The van der Waals surface area contributed by atoms with Gasteiger partial charge in [-0.3, -0.25) is 5.21 Å². The Morgan fingerprint density at radius 1 is 1.53 bits per heavy atom. The van der Waals surface area contributed by atoms with Gasteiger partial charge in [0, 0.05) is 6.54 Å². The third kappa shape index (κ3) is 2.06. The summed E-state index contributed by atoms with van der Waals surface area (Å²) in [7, 11) is 0. The number of nitrogens with one attached hydrogen (secondary N) is 1. The van der Waals surface area contributed by atoms with Crippen LogP contribution in [0.25, 0.3) is 0 Å². The van der Waals surface area contributed by atoms with Crippen molar-refractivity contribution in [2.24, 2.45) is 4.99 Å². The van der Waals surface area contributed by atoms with Crippen molar-refractivity contribution in [2.75, 3.05) is 13.1 Å². The van der Waals surface area contributed by atoms with E-state index in [9.17, 15) is 5.21 Å². The molecular formula is C10H12ClN3O. The van der Waals surface area contributed by atoms with Crippen LogP contribution in [0.1, 0.15) is 5.56 Å². The van der Waals surface area contributed by atoms with Gasteiger partial charge in [0.2, 0.25) is 5.96 Å². The lowest BCUT2D eigenvalue weighted by molar-refractivity contribution is -0.00126. The molecule has 1 aliphatic heterocycles. The van der Waals surface area contributed by atoms with Gasteiger partial charge in [0.05, 0.1) is 17.3 Å². The maximum absolute atomic E-state index is 9.43. The molecule has 0 atom stereocenters. The number of aliphatic imine (C=N–C) groups is 1. The van der Waals surface area contributed by atoms with Crippen LogP contribution in [0.2, 0.25) is 5.02 Å². The molecule has 5 heteroatoms. The Hall–Kier alpha value is -1.26. The van der Waals surface area contributed by atoms with E-state index in [1.807, 2.05) is 19.1 Å². The predicted molar refractivity (Wildman–Crippen MR) is 59.8 cm³/mol. The van der Waals surface area contributed by atoms with E-state index < -0.39 is 0 Å². The Morgan fingerprint density at radius 2 is 2.33 bits per heavy atom. The van der Waals surface area contributed by atoms with Gasteiger partial charge in [0.15, 0.2) is 0 Å². The lowest BCUT2D eigenvalue weighted by Crippen LogP contribution is -2.26. The summed E-state index contributed by atoms with van der Waals surface area (Å²) < 4.78 is 0. The highest BCUT2D eigenvalue weighted by molar-refractivity contribution is 6.33. The lowest BCUT2D eigenvalue weighted by Gasteiger charge is -2.09. The molecule has 0 aromatic heterocycles. The van der Waals surface area contributed by atoms with Gasteiger partial charge >= 0.3 is 0 Å². The minimum absolute atomic E-state index is 0.450. The SMILES string of the molecule is Cc1cccc(Cl)c1/N=C1\NCCN1O. The molecule has 1 saturated heterocycles. The van der Waals surface area contributed by atoms with Gasteiger partial charge in [-0.25, -0.2) is 10.1 Å². The Morgan fingerprint density at radius 3 is 2.93 bits per heavy atom. The van der Waals surface area contributed by atoms with Crippen LogP contribution in [-0.4, -0.2) is 29.3 Å². The average Bonchev–Trinajstić information content (AvgIpc) is 2.58. The van der Waals surface area contributed by atoms with Crippen LogP contribution in [0.5, 0.6) is 0 Å². The summed E-state index contributed by atoms with van der Waals surface area (Å²) >= 11 is 6.02. The summed E-state index contributed by atoms with van der Waals surface area (Å²) in [6.07, 6.45) is 0. The van der Waals surface area contributed by atoms with Crippen molar-refractivity contribution in [3.05, 3.63) is 28.8 Å². The molecule has 1 heterocycles. The van der Waals surface area contributed by atoms with Crippen molar-refractivity contribution < 1.29 is 5.21 Å². The van der Waals surface area contributed by atoms with Gasteiger partial charge in [0.25, 0.3) is 0 Å². The van der Waals surface area contributed by atoms with Crippen molar-refractivity contribution in [3.8, 4) is 0 Å². The number of hydrogen-bond acceptors (Lipinski definition) is 2. The fraction of sp³-hybridized carbons (Fsp3) is 0.300. The van der Waals surface area contributed by atoms with E-state index in [1.165, 1.54) is 0 Å². The molecule has 0 bridgehead atoms. The second-order valence-corrected chi connectivity index (χ2v) is 3.80. The summed E-state index contributed by atoms with van der Waals surface area (Å²) in [5.74, 6) is 0.450. The third-order valence-electron chi connectivity index (χ3n) is 2.26. The van der Waals surface area contributed by atoms with E-state index in [0.717, 1.165) is 10.6 Å².